The first-order chi connectivity index (χ1) is 12.9. The zero-order valence-corrected chi connectivity index (χ0v) is 14.3. The number of hydrogen-bond donors (Lipinski definition) is 1. The fourth-order valence-electron chi connectivity index (χ4n) is 2.44. The highest BCUT2D eigenvalue weighted by molar-refractivity contribution is 6.05. The third kappa shape index (κ3) is 4.75. The number of amides is 1. The molecule has 0 aromatic heterocycles. The lowest BCUT2D eigenvalue weighted by atomic mass is 10.1. The molecule has 9 heteroatoms. The van der Waals surface area contributed by atoms with Gasteiger partial charge in [0.2, 0.25) is 5.75 Å². The Morgan fingerprint density at radius 3 is 2.70 bits per heavy atom. The molecule has 2 aromatic rings. The summed E-state index contributed by atoms with van der Waals surface area (Å²) in [7, 11) is 1.44. The predicted molar refractivity (Wildman–Crippen MR) is 89.9 cm³/mol. The maximum atomic E-state index is 12.5. The number of carbonyl (C=O) groups is 1. The number of benzene rings is 2. The molecule has 1 aliphatic rings. The van der Waals surface area contributed by atoms with Crippen molar-refractivity contribution in [1.82, 2.24) is 0 Å². The largest absolute Gasteiger partial charge is 0.493 e. The van der Waals surface area contributed by atoms with E-state index in [4.69, 9.17) is 14.2 Å². The minimum absolute atomic E-state index is 0.00937. The van der Waals surface area contributed by atoms with E-state index in [1.807, 2.05) is 0 Å². The van der Waals surface area contributed by atoms with E-state index in [1.165, 1.54) is 43.5 Å². The minimum Gasteiger partial charge on any atom is -0.493 e. The van der Waals surface area contributed by atoms with Gasteiger partial charge in [0.15, 0.2) is 18.1 Å². The number of fused-ring (bicyclic) bond motifs is 1. The number of methoxy groups -OCH3 is 1. The van der Waals surface area contributed by atoms with Crippen molar-refractivity contribution in [1.29, 1.82) is 0 Å². The van der Waals surface area contributed by atoms with E-state index in [0.29, 0.717) is 30.5 Å². The standard InChI is InChI=1S/C18H16F3NO5/c1-24-14-7-11(8-15-16(14)26-6-5-25-15)17(23)22-12-3-2-4-13(9-12)27-10-18(19,20)21/h2-4,7-9H,5-6,10H2,1H3,(H,22,23). The summed E-state index contributed by atoms with van der Waals surface area (Å²) in [6, 6.07) is 8.69. The zero-order valence-electron chi connectivity index (χ0n) is 14.3. The molecule has 0 fully saturated rings. The molecule has 0 radical (unpaired) electrons. The molecule has 2 aromatic carbocycles. The molecule has 1 heterocycles. The summed E-state index contributed by atoms with van der Waals surface area (Å²) in [5.41, 5.74) is 0.534. The van der Waals surface area contributed by atoms with E-state index in [2.05, 4.69) is 10.1 Å². The smallest absolute Gasteiger partial charge is 0.422 e. The highest BCUT2D eigenvalue weighted by Crippen LogP contribution is 2.40. The summed E-state index contributed by atoms with van der Waals surface area (Å²) in [4.78, 5) is 12.5. The van der Waals surface area contributed by atoms with Gasteiger partial charge in [0.1, 0.15) is 19.0 Å². The molecular formula is C18H16F3NO5. The SMILES string of the molecule is COc1cc(C(=O)Nc2cccc(OCC(F)(F)F)c2)cc2c1OCCO2. The second kappa shape index (κ2) is 7.65. The Hall–Kier alpha value is -3.10. The van der Waals surface area contributed by atoms with Crippen molar-refractivity contribution in [2.45, 2.75) is 6.18 Å². The Morgan fingerprint density at radius 2 is 1.96 bits per heavy atom. The van der Waals surface area contributed by atoms with E-state index < -0.39 is 18.7 Å². The molecule has 0 bridgehead atoms. The molecule has 6 nitrogen and oxygen atoms in total. The summed E-state index contributed by atoms with van der Waals surface area (Å²) < 4.78 is 57.6. The first kappa shape index (κ1) is 18.7. The maximum absolute atomic E-state index is 12.5. The van der Waals surface area contributed by atoms with Gasteiger partial charge in [-0.3, -0.25) is 4.79 Å². The number of carbonyl (C=O) groups excluding carboxylic acids is 1. The monoisotopic (exact) mass is 383 g/mol. The van der Waals surface area contributed by atoms with E-state index >= 15 is 0 Å². The van der Waals surface area contributed by atoms with Crippen LogP contribution in [-0.2, 0) is 0 Å². The van der Waals surface area contributed by atoms with Crippen molar-refractivity contribution < 1.29 is 36.9 Å². The van der Waals surface area contributed by atoms with Crippen LogP contribution in [-0.4, -0.2) is 39.0 Å². The van der Waals surface area contributed by atoms with Crippen molar-refractivity contribution in [2.24, 2.45) is 0 Å². The van der Waals surface area contributed by atoms with Gasteiger partial charge in [0.05, 0.1) is 7.11 Å². The van der Waals surface area contributed by atoms with Crippen LogP contribution in [0.15, 0.2) is 36.4 Å². The Kier molecular flexibility index (Phi) is 5.29. The Labute approximate surface area is 152 Å². The van der Waals surface area contributed by atoms with E-state index in [-0.39, 0.29) is 17.0 Å². The fraction of sp³-hybridized carbons (Fsp3) is 0.278. The Bertz CT molecular complexity index is 821. The summed E-state index contributed by atoms with van der Waals surface area (Å²) in [5.74, 6) is 0.651. The van der Waals surface area contributed by atoms with Crippen LogP contribution in [0.1, 0.15) is 10.4 Å². The molecule has 27 heavy (non-hydrogen) atoms. The molecule has 0 saturated carbocycles. The predicted octanol–water partition coefficient (Wildman–Crippen LogP) is 3.66. The van der Waals surface area contributed by atoms with E-state index in [1.54, 1.807) is 0 Å². The third-order valence-electron chi connectivity index (χ3n) is 3.58. The molecule has 1 amide bonds. The molecule has 0 saturated heterocycles. The van der Waals surface area contributed by atoms with Crippen LogP contribution < -0.4 is 24.3 Å². The Morgan fingerprint density at radius 1 is 1.19 bits per heavy atom. The second-order valence-electron chi connectivity index (χ2n) is 5.59. The highest BCUT2D eigenvalue weighted by Gasteiger charge is 2.28. The molecule has 3 rings (SSSR count). The first-order valence-corrected chi connectivity index (χ1v) is 7.94. The third-order valence-corrected chi connectivity index (χ3v) is 3.58. The van der Waals surface area contributed by atoms with Crippen LogP contribution in [0, 0.1) is 0 Å². The topological polar surface area (TPSA) is 66.0 Å². The first-order valence-electron chi connectivity index (χ1n) is 7.94. The van der Waals surface area contributed by atoms with Crippen molar-refractivity contribution in [3.63, 3.8) is 0 Å². The fourth-order valence-corrected chi connectivity index (χ4v) is 2.44. The number of alkyl halides is 3. The van der Waals surface area contributed by atoms with Gasteiger partial charge in [-0.05, 0) is 24.3 Å². The average molecular weight is 383 g/mol. The van der Waals surface area contributed by atoms with Gasteiger partial charge < -0.3 is 24.3 Å². The number of rotatable bonds is 5. The van der Waals surface area contributed by atoms with Crippen LogP contribution in [0.4, 0.5) is 18.9 Å². The van der Waals surface area contributed by atoms with Crippen LogP contribution in [0.2, 0.25) is 0 Å². The summed E-state index contributed by atoms with van der Waals surface area (Å²) in [6.07, 6.45) is -4.44. The zero-order chi connectivity index (χ0) is 19.4. The van der Waals surface area contributed by atoms with Gasteiger partial charge in [-0.2, -0.15) is 13.2 Å². The van der Waals surface area contributed by atoms with Gasteiger partial charge in [-0.1, -0.05) is 6.07 Å². The van der Waals surface area contributed by atoms with Crippen molar-refractivity contribution in [3.8, 4) is 23.0 Å². The quantitative estimate of drug-likeness (QED) is 0.854. The lowest BCUT2D eigenvalue weighted by Crippen LogP contribution is -2.19. The minimum atomic E-state index is -4.44. The number of halogens is 3. The summed E-state index contributed by atoms with van der Waals surface area (Å²) in [6.45, 7) is -0.691. The molecular weight excluding hydrogens is 367 g/mol. The average Bonchev–Trinajstić information content (AvgIpc) is 2.65. The number of nitrogens with one attached hydrogen (secondary N) is 1. The van der Waals surface area contributed by atoms with Gasteiger partial charge in [0, 0.05) is 17.3 Å². The summed E-state index contributed by atoms with van der Waals surface area (Å²) >= 11 is 0. The van der Waals surface area contributed by atoms with Gasteiger partial charge in [-0.25, -0.2) is 0 Å². The molecule has 144 valence electrons. The molecule has 0 aliphatic carbocycles. The summed E-state index contributed by atoms with van der Waals surface area (Å²) in [5, 5.41) is 2.60. The van der Waals surface area contributed by atoms with Gasteiger partial charge >= 0.3 is 6.18 Å². The van der Waals surface area contributed by atoms with Crippen LogP contribution >= 0.6 is 0 Å². The number of hydrogen-bond acceptors (Lipinski definition) is 5. The lowest BCUT2D eigenvalue weighted by Gasteiger charge is -2.21. The molecule has 1 N–H and O–H groups in total. The lowest BCUT2D eigenvalue weighted by molar-refractivity contribution is -0.153. The van der Waals surface area contributed by atoms with Crippen molar-refractivity contribution >= 4 is 11.6 Å². The normalized spacial score (nSPS) is 13.0. The van der Waals surface area contributed by atoms with Gasteiger partial charge in [0.25, 0.3) is 5.91 Å². The van der Waals surface area contributed by atoms with Crippen molar-refractivity contribution in [2.75, 3.05) is 32.2 Å². The van der Waals surface area contributed by atoms with Crippen LogP contribution in [0.5, 0.6) is 23.0 Å². The molecule has 0 unspecified atom stereocenters. The van der Waals surface area contributed by atoms with Gasteiger partial charge in [-0.15, -0.1) is 0 Å². The second-order valence-corrected chi connectivity index (χ2v) is 5.59. The van der Waals surface area contributed by atoms with E-state index in [0.717, 1.165) is 0 Å². The number of ether oxygens (including phenoxy) is 4. The molecule has 0 spiro atoms. The molecule has 1 aliphatic heterocycles. The highest BCUT2D eigenvalue weighted by atomic mass is 19.4. The van der Waals surface area contributed by atoms with Crippen LogP contribution in [0.25, 0.3) is 0 Å². The maximum Gasteiger partial charge on any atom is 0.422 e. The molecule has 0 atom stereocenters. The number of anilines is 1. The van der Waals surface area contributed by atoms with Crippen molar-refractivity contribution in [3.05, 3.63) is 42.0 Å². The van der Waals surface area contributed by atoms with Crippen LogP contribution in [0.3, 0.4) is 0 Å². The Balaban J connectivity index is 1.76. The van der Waals surface area contributed by atoms with E-state index in [9.17, 15) is 18.0 Å².